The van der Waals surface area contributed by atoms with Crippen molar-refractivity contribution in [2.75, 3.05) is 20.3 Å². The summed E-state index contributed by atoms with van der Waals surface area (Å²) in [5.41, 5.74) is 2.31. The number of ether oxygens (including phenoxy) is 2. The number of pyridine rings is 1. The fourth-order valence-corrected chi connectivity index (χ4v) is 2.49. The maximum atomic E-state index is 11.7. The maximum Gasteiger partial charge on any atom is 0.355 e. The molecule has 5 heteroatoms. The summed E-state index contributed by atoms with van der Waals surface area (Å²) < 4.78 is 12.0. The van der Waals surface area contributed by atoms with E-state index in [2.05, 4.69) is 4.98 Å². The van der Waals surface area contributed by atoms with Gasteiger partial charge < -0.3 is 9.47 Å². The third-order valence-electron chi connectivity index (χ3n) is 3.54. The zero-order chi connectivity index (χ0) is 13.2. The Morgan fingerprint density at radius 2 is 2.21 bits per heavy atom. The molecular formula is C14H16N2O3. The summed E-state index contributed by atoms with van der Waals surface area (Å²) in [6.45, 7) is 1.56. The van der Waals surface area contributed by atoms with Gasteiger partial charge >= 0.3 is 5.97 Å². The van der Waals surface area contributed by atoms with Gasteiger partial charge in [-0.15, -0.1) is 0 Å². The van der Waals surface area contributed by atoms with Gasteiger partial charge in [-0.3, -0.25) is 4.40 Å². The fraction of sp³-hybridized carbons (Fsp3) is 0.429. The van der Waals surface area contributed by atoms with Crippen molar-refractivity contribution in [1.29, 1.82) is 0 Å². The number of hydrogen-bond acceptors (Lipinski definition) is 4. The molecule has 0 unspecified atom stereocenters. The summed E-state index contributed by atoms with van der Waals surface area (Å²) in [5.74, 6) is 0.0701. The molecule has 1 saturated heterocycles. The highest BCUT2D eigenvalue weighted by Crippen LogP contribution is 2.26. The minimum absolute atomic E-state index is 0.346. The number of hydrogen-bond donors (Lipinski definition) is 0. The van der Waals surface area contributed by atoms with E-state index in [0.717, 1.165) is 37.4 Å². The van der Waals surface area contributed by atoms with E-state index in [-0.39, 0.29) is 5.97 Å². The number of esters is 1. The fourth-order valence-electron chi connectivity index (χ4n) is 2.49. The summed E-state index contributed by atoms with van der Waals surface area (Å²) in [5, 5.41) is 0. The molecule has 1 aliphatic rings. The molecule has 0 aliphatic carbocycles. The first-order valence-electron chi connectivity index (χ1n) is 6.43. The van der Waals surface area contributed by atoms with Crippen molar-refractivity contribution in [3.8, 4) is 0 Å². The summed E-state index contributed by atoms with van der Waals surface area (Å²) >= 11 is 0. The molecule has 0 aromatic carbocycles. The molecule has 3 rings (SSSR count). The summed E-state index contributed by atoms with van der Waals surface area (Å²) in [7, 11) is 1.39. The molecule has 2 aromatic rings. The lowest BCUT2D eigenvalue weighted by Gasteiger charge is -2.19. The van der Waals surface area contributed by atoms with E-state index >= 15 is 0 Å². The normalized spacial score (nSPS) is 16.7. The van der Waals surface area contributed by atoms with Gasteiger partial charge in [-0.1, -0.05) is 6.07 Å². The molecular weight excluding hydrogens is 244 g/mol. The number of imidazole rings is 1. The van der Waals surface area contributed by atoms with E-state index in [1.807, 2.05) is 18.3 Å². The Kier molecular flexibility index (Phi) is 3.21. The van der Waals surface area contributed by atoms with Crippen LogP contribution in [-0.4, -0.2) is 35.7 Å². The van der Waals surface area contributed by atoms with Crippen molar-refractivity contribution in [3.05, 3.63) is 35.8 Å². The van der Waals surface area contributed by atoms with Crippen LogP contribution in [-0.2, 0) is 9.47 Å². The number of rotatable bonds is 2. The molecule has 5 nitrogen and oxygen atoms in total. The number of aromatic nitrogens is 2. The first-order chi connectivity index (χ1) is 9.29. The van der Waals surface area contributed by atoms with E-state index in [4.69, 9.17) is 9.47 Å². The van der Waals surface area contributed by atoms with Crippen LogP contribution in [0.1, 0.15) is 34.9 Å². The Morgan fingerprint density at radius 3 is 2.95 bits per heavy atom. The van der Waals surface area contributed by atoms with Gasteiger partial charge in [0, 0.05) is 25.3 Å². The van der Waals surface area contributed by atoms with Crippen LogP contribution < -0.4 is 0 Å². The molecule has 0 spiro atoms. The van der Waals surface area contributed by atoms with Gasteiger partial charge in [0.25, 0.3) is 0 Å². The van der Waals surface area contributed by atoms with Crippen molar-refractivity contribution in [1.82, 2.24) is 9.38 Å². The summed E-state index contributed by atoms with van der Waals surface area (Å²) in [4.78, 5) is 16.3. The zero-order valence-electron chi connectivity index (χ0n) is 10.8. The van der Waals surface area contributed by atoms with Crippen molar-refractivity contribution in [3.63, 3.8) is 0 Å². The number of methoxy groups -OCH3 is 1. The van der Waals surface area contributed by atoms with Crippen LogP contribution in [0, 0.1) is 0 Å². The Balaban J connectivity index is 2.02. The average Bonchev–Trinajstić information content (AvgIpc) is 2.91. The molecule has 3 heterocycles. The first-order valence-corrected chi connectivity index (χ1v) is 6.43. The SMILES string of the molecule is COC(=O)c1cccc2nc(C3CCOCC3)cn12. The van der Waals surface area contributed by atoms with E-state index in [1.54, 1.807) is 10.5 Å². The highest BCUT2D eigenvalue weighted by molar-refractivity contribution is 5.88. The molecule has 0 amide bonds. The Bertz CT molecular complexity index is 600. The molecule has 19 heavy (non-hydrogen) atoms. The molecule has 0 saturated carbocycles. The highest BCUT2D eigenvalue weighted by atomic mass is 16.5. The molecule has 0 radical (unpaired) electrons. The minimum atomic E-state index is -0.346. The second kappa shape index (κ2) is 5.01. The minimum Gasteiger partial charge on any atom is -0.464 e. The predicted octanol–water partition coefficient (Wildman–Crippen LogP) is 2.01. The van der Waals surface area contributed by atoms with Crippen LogP contribution in [0.15, 0.2) is 24.4 Å². The van der Waals surface area contributed by atoms with Crippen molar-refractivity contribution in [2.24, 2.45) is 0 Å². The van der Waals surface area contributed by atoms with Gasteiger partial charge in [0.1, 0.15) is 11.3 Å². The number of carbonyl (C=O) groups excluding carboxylic acids is 1. The van der Waals surface area contributed by atoms with Gasteiger partial charge in [-0.25, -0.2) is 9.78 Å². The lowest BCUT2D eigenvalue weighted by atomic mass is 9.97. The second-order valence-corrected chi connectivity index (χ2v) is 4.68. The lowest BCUT2D eigenvalue weighted by molar-refractivity contribution is 0.0592. The standard InChI is InChI=1S/C14H16N2O3/c1-18-14(17)12-3-2-4-13-15-11(9-16(12)13)10-5-7-19-8-6-10/h2-4,9-10H,5-8H2,1H3. The molecule has 2 aromatic heterocycles. The molecule has 1 fully saturated rings. The average molecular weight is 260 g/mol. The van der Waals surface area contributed by atoms with E-state index in [1.165, 1.54) is 7.11 Å². The topological polar surface area (TPSA) is 52.8 Å². The van der Waals surface area contributed by atoms with Crippen LogP contribution in [0.5, 0.6) is 0 Å². The number of nitrogens with zero attached hydrogens (tertiary/aromatic N) is 2. The highest BCUT2D eigenvalue weighted by Gasteiger charge is 2.20. The first kappa shape index (κ1) is 12.2. The third kappa shape index (κ3) is 2.21. The second-order valence-electron chi connectivity index (χ2n) is 4.68. The quantitative estimate of drug-likeness (QED) is 0.775. The van der Waals surface area contributed by atoms with E-state index < -0.39 is 0 Å². The molecule has 0 N–H and O–H groups in total. The summed E-state index contributed by atoms with van der Waals surface area (Å²) in [6, 6.07) is 5.46. The molecule has 1 aliphatic heterocycles. The van der Waals surface area contributed by atoms with Crippen LogP contribution in [0.2, 0.25) is 0 Å². The lowest BCUT2D eigenvalue weighted by Crippen LogP contribution is -2.14. The van der Waals surface area contributed by atoms with Gasteiger partial charge in [0.15, 0.2) is 0 Å². The van der Waals surface area contributed by atoms with Gasteiger partial charge in [-0.05, 0) is 25.0 Å². The third-order valence-corrected chi connectivity index (χ3v) is 3.54. The van der Waals surface area contributed by atoms with Gasteiger partial charge in [0.05, 0.1) is 12.8 Å². The van der Waals surface area contributed by atoms with Crippen LogP contribution >= 0.6 is 0 Å². The van der Waals surface area contributed by atoms with E-state index in [0.29, 0.717) is 11.6 Å². The van der Waals surface area contributed by atoms with E-state index in [9.17, 15) is 4.79 Å². The molecule has 0 atom stereocenters. The van der Waals surface area contributed by atoms with Crippen LogP contribution in [0.25, 0.3) is 5.65 Å². The molecule has 100 valence electrons. The maximum absolute atomic E-state index is 11.7. The monoisotopic (exact) mass is 260 g/mol. The smallest absolute Gasteiger partial charge is 0.355 e. The van der Waals surface area contributed by atoms with Crippen molar-refractivity contribution >= 4 is 11.6 Å². The molecule has 0 bridgehead atoms. The van der Waals surface area contributed by atoms with Crippen LogP contribution in [0.3, 0.4) is 0 Å². The Labute approximate surface area is 111 Å². The largest absolute Gasteiger partial charge is 0.464 e. The van der Waals surface area contributed by atoms with Gasteiger partial charge in [-0.2, -0.15) is 0 Å². The zero-order valence-corrected chi connectivity index (χ0v) is 10.8. The predicted molar refractivity (Wildman–Crippen MR) is 69.3 cm³/mol. The Hall–Kier alpha value is -1.88. The Morgan fingerprint density at radius 1 is 1.42 bits per heavy atom. The summed E-state index contributed by atoms with van der Waals surface area (Å²) in [6.07, 6.45) is 3.91. The number of carbonyl (C=O) groups is 1. The van der Waals surface area contributed by atoms with Gasteiger partial charge in [0.2, 0.25) is 0 Å². The van der Waals surface area contributed by atoms with Crippen molar-refractivity contribution in [2.45, 2.75) is 18.8 Å². The van der Waals surface area contributed by atoms with Crippen molar-refractivity contribution < 1.29 is 14.3 Å². The van der Waals surface area contributed by atoms with Crippen LogP contribution in [0.4, 0.5) is 0 Å². The number of fused-ring (bicyclic) bond motifs is 1.